The molecule has 4 rings (SSSR count). The summed E-state index contributed by atoms with van der Waals surface area (Å²) >= 11 is 0. The Labute approximate surface area is 165 Å². The zero-order valence-corrected chi connectivity index (χ0v) is 16.6. The van der Waals surface area contributed by atoms with Gasteiger partial charge in [-0.1, -0.05) is 19.9 Å². The largest absolute Gasteiger partial charge is 0.287 e. The highest BCUT2D eigenvalue weighted by Crippen LogP contribution is 2.27. The van der Waals surface area contributed by atoms with E-state index in [2.05, 4.69) is 53.3 Å². The lowest BCUT2D eigenvalue weighted by Crippen LogP contribution is -2.18. The Hall–Kier alpha value is -3.04. The van der Waals surface area contributed by atoms with Crippen LogP contribution in [0.4, 0.5) is 0 Å². The lowest BCUT2D eigenvalue weighted by Gasteiger charge is -2.15. The Bertz CT molecular complexity index is 1010. The summed E-state index contributed by atoms with van der Waals surface area (Å²) in [7, 11) is 0. The van der Waals surface area contributed by atoms with E-state index in [9.17, 15) is 5.26 Å². The molecule has 3 heterocycles. The van der Waals surface area contributed by atoms with Crippen LogP contribution in [-0.4, -0.2) is 24.9 Å². The number of benzene rings is 1. The molecule has 0 unspecified atom stereocenters. The fraction of sp³-hybridized carbons (Fsp3) is 0.364. The smallest absolute Gasteiger partial charge is 0.102 e. The Morgan fingerprint density at radius 3 is 2.79 bits per heavy atom. The van der Waals surface area contributed by atoms with Gasteiger partial charge in [-0.05, 0) is 48.6 Å². The number of hydrogen-bond donors (Lipinski definition) is 0. The first kappa shape index (κ1) is 18.3. The van der Waals surface area contributed by atoms with E-state index in [4.69, 9.17) is 5.10 Å². The van der Waals surface area contributed by atoms with Crippen LogP contribution in [0.3, 0.4) is 0 Å². The van der Waals surface area contributed by atoms with Crippen molar-refractivity contribution in [3.63, 3.8) is 0 Å². The van der Waals surface area contributed by atoms with Gasteiger partial charge < -0.3 is 0 Å². The van der Waals surface area contributed by atoms with Gasteiger partial charge in [-0.25, -0.2) is 4.68 Å². The topological polar surface area (TPSA) is 70.6 Å². The van der Waals surface area contributed by atoms with Crippen molar-refractivity contribution in [3.05, 3.63) is 70.3 Å². The van der Waals surface area contributed by atoms with Crippen LogP contribution < -0.4 is 0 Å². The molecule has 142 valence electrons. The third-order valence-electron chi connectivity index (χ3n) is 5.03. The number of rotatable bonds is 5. The van der Waals surface area contributed by atoms with Crippen LogP contribution in [0.1, 0.15) is 47.5 Å². The minimum atomic E-state index is 0.567. The molecule has 0 saturated carbocycles. The molecule has 0 spiro atoms. The summed E-state index contributed by atoms with van der Waals surface area (Å²) in [5.41, 5.74) is 7.08. The fourth-order valence-electron chi connectivity index (χ4n) is 3.86. The van der Waals surface area contributed by atoms with E-state index < -0.39 is 0 Å². The van der Waals surface area contributed by atoms with Crippen molar-refractivity contribution in [2.24, 2.45) is 5.92 Å². The van der Waals surface area contributed by atoms with Gasteiger partial charge in [0.25, 0.3) is 0 Å². The van der Waals surface area contributed by atoms with Crippen LogP contribution in [0.15, 0.2) is 36.7 Å². The first-order valence-electron chi connectivity index (χ1n) is 9.64. The van der Waals surface area contributed by atoms with E-state index >= 15 is 0 Å². The van der Waals surface area contributed by atoms with Gasteiger partial charge in [0.1, 0.15) is 6.07 Å². The van der Waals surface area contributed by atoms with Gasteiger partial charge in [-0.3, -0.25) is 4.90 Å². The van der Waals surface area contributed by atoms with Gasteiger partial charge in [0.05, 0.1) is 22.6 Å². The molecule has 0 saturated heterocycles. The molecule has 0 aliphatic carbocycles. The van der Waals surface area contributed by atoms with Crippen molar-refractivity contribution in [2.45, 2.75) is 46.8 Å². The minimum absolute atomic E-state index is 0.567. The summed E-state index contributed by atoms with van der Waals surface area (Å²) in [5.74, 6) is 0.567. The third-order valence-corrected chi connectivity index (χ3v) is 5.03. The van der Waals surface area contributed by atoms with Crippen LogP contribution in [-0.2, 0) is 26.1 Å². The lowest BCUT2D eigenvalue weighted by atomic mass is 9.97. The van der Waals surface area contributed by atoms with E-state index in [0.717, 1.165) is 48.7 Å². The average molecular weight is 372 g/mol. The molecular weight excluding hydrogens is 348 g/mol. The second-order valence-corrected chi connectivity index (χ2v) is 7.92. The van der Waals surface area contributed by atoms with Gasteiger partial charge in [0.2, 0.25) is 0 Å². The Balaban J connectivity index is 1.59. The highest BCUT2D eigenvalue weighted by molar-refractivity contribution is 5.55. The molecule has 0 N–H and O–H groups in total. The molecule has 0 radical (unpaired) electrons. The predicted octanol–water partition coefficient (Wildman–Crippen LogP) is 3.56. The quantitative estimate of drug-likeness (QED) is 0.685. The maximum absolute atomic E-state index is 9.67. The molecular formula is C22H24N6. The average Bonchev–Trinajstić information content (AvgIpc) is 3.20. The molecule has 28 heavy (non-hydrogen) atoms. The maximum atomic E-state index is 9.67. The Kier molecular flexibility index (Phi) is 4.93. The summed E-state index contributed by atoms with van der Waals surface area (Å²) < 4.78 is 1.89. The van der Waals surface area contributed by atoms with Gasteiger partial charge >= 0.3 is 0 Å². The summed E-state index contributed by atoms with van der Waals surface area (Å²) in [6.45, 7) is 8.80. The molecule has 0 amide bonds. The number of fused-ring (bicyclic) bond motifs is 1. The van der Waals surface area contributed by atoms with Crippen LogP contribution in [0.2, 0.25) is 0 Å². The summed E-state index contributed by atoms with van der Waals surface area (Å²) in [6.07, 6.45) is 4.75. The first-order valence-corrected chi connectivity index (χ1v) is 9.64. The van der Waals surface area contributed by atoms with Crippen molar-refractivity contribution in [2.75, 3.05) is 0 Å². The molecule has 6 heteroatoms. The van der Waals surface area contributed by atoms with E-state index in [-0.39, 0.29) is 0 Å². The standard InChI is InChI=1S/C22H24N6/c1-15(2)7-17-8-16(3)20(10-23)22(9-17)28-12-18-11-27(14-21(18)26-28)13-19-5-4-6-24-25-19/h4-6,8-9,12,15H,7,11,13-14H2,1-3H3. The summed E-state index contributed by atoms with van der Waals surface area (Å²) in [4.78, 5) is 2.30. The molecule has 6 nitrogen and oxygen atoms in total. The number of nitrogens with zero attached hydrogens (tertiary/aromatic N) is 6. The summed E-state index contributed by atoms with van der Waals surface area (Å²) in [6, 6.07) is 10.5. The van der Waals surface area contributed by atoms with E-state index in [0.29, 0.717) is 11.5 Å². The number of aryl methyl sites for hydroxylation is 1. The normalized spacial score (nSPS) is 13.7. The monoisotopic (exact) mass is 372 g/mol. The Morgan fingerprint density at radius 2 is 2.11 bits per heavy atom. The molecule has 1 aliphatic heterocycles. The third kappa shape index (κ3) is 3.67. The second-order valence-electron chi connectivity index (χ2n) is 7.92. The fourth-order valence-corrected chi connectivity index (χ4v) is 3.86. The van der Waals surface area contributed by atoms with Crippen molar-refractivity contribution < 1.29 is 0 Å². The van der Waals surface area contributed by atoms with E-state index in [1.165, 1.54) is 11.1 Å². The number of hydrogen-bond acceptors (Lipinski definition) is 5. The van der Waals surface area contributed by atoms with Crippen molar-refractivity contribution in [1.82, 2.24) is 24.9 Å². The van der Waals surface area contributed by atoms with Crippen LogP contribution in [0.5, 0.6) is 0 Å². The molecule has 1 aliphatic rings. The zero-order valence-electron chi connectivity index (χ0n) is 16.6. The maximum Gasteiger partial charge on any atom is 0.102 e. The van der Waals surface area contributed by atoms with Crippen LogP contribution in [0, 0.1) is 24.2 Å². The van der Waals surface area contributed by atoms with Gasteiger partial charge in [-0.2, -0.15) is 20.6 Å². The highest BCUT2D eigenvalue weighted by atomic mass is 15.3. The Morgan fingerprint density at radius 1 is 1.25 bits per heavy atom. The molecule has 0 fully saturated rings. The second kappa shape index (κ2) is 7.53. The van der Waals surface area contributed by atoms with Gasteiger partial charge in [0.15, 0.2) is 0 Å². The molecule has 0 bridgehead atoms. The molecule has 2 aromatic heterocycles. The molecule has 3 aromatic rings. The van der Waals surface area contributed by atoms with Crippen LogP contribution in [0.25, 0.3) is 5.69 Å². The lowest BCUT2D eigenvalue weighted by molar-refractivity contribution is 0.267. The predicted molar refractivity (Wildman–Crippen MR) is 107 cm³/mol. The van der Waals surface area contributed by atoms with Gasteiger partial charge in [-0.15, -0.1) is 0 Å². The van der Waals surface area contributed by atoms with Crippen molar-refractivity contribution in [3.8, 4) is 11.8 Å². The zero-order chi connectivity index (χ0) is 19.7. The molecule has 0 atom stereocenters. The molecule has 1 aromatic carbocycles. The van der Waals surface area contributed by atoms with Crippen molar-refractivity contribution in [1.29, 1.82) is 5.26 Å². The van der Waals surface area contributed by atoms with Crippen molar-refractivity contribution >= 4 is 0 Å². The van der Waals surface area contributed by atoms with Gasteiger partial charge in [0, 0.05) is 37.6 Å². The number of nitriles is 1. The number of aromatic nitrogens is 4. The first-order chi connectivity index (χ1) is 13.5. The van der Waals surface area contributed by atoms with E-state index in [1.54, 1.807) is 6.20 Å². The summed E-state index contributed by atoms with van der Waals surface area (Å²) in [5, 5.41) is 22.6. The van der Waals surface area contributed by atoms with E-state index in [1.807, 2.05) is 23.7 Å². The SMILES string of the molecule is Cc1cc(CC(C)C)cc(-n2cc3c(n2)CN(Cc2cccnn2)C3)c1C#N. The minimum Gasteiger partial charge on any atom is -0.287 e. The van der Waals surface area contributed by atoms with Crippen LogP contribution >= 0.6 is 0 Å². The highest BCUT2D eigenvalue weighted by Gasteiger charge is 2.24.